The van der Waals surface area contributed by atoms with Gasteiger partial charge < -0.3 is 0 Å². The van der Waals surface area contributed by atoms with Crippen LogP contribution in [0.2, 0.25) is 0 Å². The Labute approximate surface area is 125 Å². The first-order valence-corrected chi connectivity index (χ1v) is 6.57. The molecule has 1 heterocycles. The van der Waals surface area contributed by atoms with Crippen molar-refractivity contribution < 1.29 is 13.6 Å². The lowest BCUT2D eigenvalue weighted by Crippen LogP contribution is -2.33. The second-order valence-corrected chi connectivity index (χ2v) is 4.79. The third kappa shape index (κ3) is 2.15. The SMILES string of the molecule is N#C[C@@H]1c2ccccc2C=CN1C(=O)c1c(F)cccc1F. The summed E-state index contributed by atoms with van der Waals surface area (Å²) in [4.78, 5) is 13.5. The summed E-state index contributed by atoms with van der Waals surface area (Å²) in [6, 6.07) is 11.4. The van der Waals surface area contributed by atoms with E-state index in [2.05, 4.69) is 0 Å². The number of amides is 1. The normalized spacial score (nSPS) is 16.0. The van der Waals surface area contributed by atoms with Crippen molar-refractivity contribution >= 4 is 12.0 Å². The smallest absolute Gasteiger partial charge is 0.265 e. The topological polar surface area (TPSA) is 44.1 Å². The van der Waals surface area contributed by atoms with Crippen molar-refractivity contribution in [1.82, 2.24) is 4.90 Å². The number of carbonyl (C=O) groups is 1. The van der Waals surface area contributed by atoms with Crippen LogP contribution in [-0.2, 0) is 0 Å². The highest BCUT2D eigenvalue weighted by Gasteiger charge is 2.31. The molecule has 0 saturated heterocycles. The van der Waals surface area contributed by atoms with Crippen molar-refractivity contribution in [2.45, 2.75) is 6.04 Å². The molecule has 0 saturated carbocycles. The van der Waals surface area contributed by atoms with Crippen LogP contribution in [-0.4, -0.2) is 10.8 Å². The van der Waals surface area contributed by atoms with E-state index in [-0.39, 0.29) is 0 Å². The Bertz CT molecular complexity index is 803. The molecule has 3 nitrogen and oxygen atoms in total. The predicted octanol–water partition coefficient (Wildman–Crippen LogP) is 3.66. The largest absolute Gasteiger partial charge is 0.294 e. The molecule has 1 atom stereocenters. The van der Waals surface area contributed by atoms with Crippen molar-refractivity contribution in [2.24, 2.45) is 0 Å². The molecular formula is C17H10F2N2O. The summed E-state index contributed by atoms with van der Waals surface area (Å²) >= 11 is 0. The van der Waals surface area contributed by atoms with E-state index < -0.39 is 29.1 Å². The van der Waals surface area contributed by atoms with Crippen LogP contribution in [0, 0.1) is 23.0 Å². The van der Waals surface area contributed by atoms with Crippen LogP contribution in [0.3, 0.4) is 0 Å². The van der Waals surface area contributed by atoms with Gasteiger partial charge in [-0.3, -0.25) is 9.69 Å². The second kappa shape index (κ2) is 5.41. The van der Waals surface area contributed by atoms with Gasteiger partial charge in [0.15, 0.2) is 0 Å². The van der Waals surface area contributed by atoms with E-state index in [1.54, 1.807) is 18.2 Å². The molecular weight excluding hydrogens is 286 g/mol. The Balaban J connectivity index is 2.07. The summed E-state index contributed by atoms with van der Waals surface area (Å²) in [7, 11) is 0. The van der Waals surface area contributed by atoms with Crippen LogP contribution in [0.15, 0.2) is 48.7 Å². The second-order valence-electron chi connectivity index (χ2n) is 4.79. The number of benzene rings is 2. The molecule has 3 rings (SSSR count). The molecule has 1 amide bonds. The van der Waals surface area contributed by atoms with E-state index in [0.717, 1.165) is 22.6 Å². The molecule has 0 N–H and O–H groups in total. The minimum atomic E-state index is -0.950. The van der Waals surface area contributed by atoms with Gasteiger partial charge in [0, 0.05) is 6.20 Å². The highest BCUT2D eigenvalue weighted by atomic mass is 19.1. The zero-order valence-electron chi connectivity index (χ0n) is 11.3. The van der Waals surface area contributed by atoms with Crippen LogP contribution in [0.25, 0.3) is 6.08 Å². The van der Waals surface area contributed by atoms with Gasteiger partial charge in [0.1, 0.15) is 23.2 Å². The van der Waals surface area contributed by atoms with Gasteiger partial charge in [-0.25, -0.2) is 8.78 Å². The maximum Gasteiger partial charge on any atom is 0.265 e. The minimum Gasteiger partial charge on any atom is -0.294 e. The summed E-state index contributed by atoms with van der Waals surface area (Å²) < 4.78 is 27.6. The van der Waals surface area contributed by atoms with Gasteiger partial charge in [-0.15, -0.1) is 0 Å². The number of carbonyl (C=O) groups excluding carboxylic acids is 1. The molecule has 1 aliphatic heterocycles. The van der Waals surface area contributed by atoms with E-state index in [0.29, 0.717) is 5.56 Å². The number of nitriles is 1. The maximum atomic E-state index is 13.8. The number of halogens is 2. The molecule has 0 spiro atoms. The zero-order valence-corrected chi connectivity index (χ0v) is 11.3. The van der Waals surface area contributed by atoms with Crippen LogP contribution in [0.5, 0.6) is 0 Å². The number of rotatable bonds is 1. The fourth-order valence-corrected chi connectivity index (χ4v) is 2.46. The van der Waals surface area contributed by atoms with Gasteiger partial charge in [0.2, 0.25) is 0 Å². The lowest BCUT2D eigenvalue weighted by atomic mass is 9.96. The monoisotopic (exact) mass is 296 g/mol. The Morgan fingerprint density at radius 1 is 1.09 bits per heavy atom. The molecule has 0 bridgehead atoms. The summed E-state index contributed by atoms with van der Waals surface area (Å²) in [6.07, 6.45) is 3.02. The molecule has 2 aromatic carbocycles. The van der Waals surface area contributed by atoms with Gasteiger partial charge in [0.05, 0.1) is 6.07 Å². The number of nitrogens with zero attached hydrogens (tertiary/aromatic N) is 2. The van der Waals surface area contributed by atoms with E-state index >= 15 is 0 Å². The third-order valence-electron chi connectivity index (χ3n) is 3.52. The average Bonchev–Trinajstić information content (AvgIpc) is 2.53. The molecule has 2 aromatic rings. The molecule has 0 fully saturated rings. The minimum absolute atomic E-state index is 0.623. The first-order valence-electron chi connectivity index (χ1n) is 6.57. The van der Waals surface area contributed by atoms with Gasteiger partial charge >= 0.3 is 0 Å². The van der Waals surface area contributed by atoms with Crippen LogP contribution >= 0.6 is 0 Å². The predicted molar refractivity (Wildman–Crippen MR) is 76.4 cm³/mol. The number of fused-ring (bicyclic) bond motifs is 1. The quantitative estimate of drug-likeness (QED) is 0.806. The number of hydrogen-bond acceptors (Lipinski definition) is 2. The third-order valence-corrected chi connectivity index (χ3v) is 3.52. The van der Waals surface area contributed by atoms with Gasteiger partial charge in [-0.2, -0.15) is 5.26 Å². The van der Waals surface area contributed by atoms with E-state index in [1.807, 2.05) is 18.2 Å². The van der Waals surface area contributed by atoms with E-state index in [1.165, 1.54) is 12.3 Å². The summed E-state index contributed by atoms with van der Waals surface area (Å²) in [5.41, 5.74) is 0.761. The summed E-state index contributed by atoms with van der Waals surface area (Å²) in [5, 5.41) is 9.38. The molecule has 0 radical (unpaired) electrons. The average molecular weight is 296 g/mol. The molecule has 0 unspecified atom stereocenters. The van der Waals surface area contributed by atoms with E-state index in [4.69, 9.17) is 0 Å². The molecule has 108 valence electrons. The van der Waals surface area contributed by atoms with Crippen LogP contribution < -0.4 is 0 Å². The van der Waals surface area contributed by atoms with Crippen LogP contribution in [0.4, 0.5) is 8.78 Å². The first-order chi connectivity index (χ1) is 10.6. The number of hydrogen-bond donors (Lipinski definition) is 0. The molecule has 0 aliphatic carbocycles. The first kappa shape index (κ1) is 14.0. The van der Waals surface area contributed by atoms with Crippen molar-refractivity contribution in [1.29, 1.82) is 5.26 Å². The Morgan fingerprint density at radius 3 is 2.45 bits per heavy atom. The van der Waals surface area contributed by atoms with Crippen molar-refractivity contribution in [3.8, 4) is 6.07 Å². The summed E-state index contributed by atoms with van der Waals surface area (Å²) in [5.74, 6) is -2.78. The van der Waals surface area contributed by atoms with Crippen molar-refractivity contribution in [3.05, 3.63) is 77.0 Å². The zero-order chi connectivity index (χ0) is 15.7. The maximum absolute atomic E-state index is 13.8. The Kier molecular flexibility index (Phi) is 3.43. The molecule has 5 heteroatoms. The highest BCUT2D eigenvalue weighted by Crippen LogP contribution is 2.31. The molecule has 1 aliphatic rings. The molecule has 0 aromatic heterocycles. The Hall–Kier alpha value is -3.00. The van der Waals surface area contributed by atoms with Crippen molar-refractivity contribution in [3.63, 3.8) is 0 Å². The Morgan fingerprint density at radius 2 is 1.77 bits per heavy atom. The van der Waals surface area contributed by atoms with Gasteiger partial charge in [0.25, 0.3) is 5.91 Å². The van der Waals surface area contributed by atoms with Crippen LogP contribution in [0.1, 0.15) is 27.5 Å². The highest BCUT2D eigenvalue weighted by molar-refractivity contribution is 5.96. The summed E-state index contributed by atoms with van der Waals surface area (Å²) in [6.45, 7) is 0. The fourth-order valence-electron chi connectivity index (χ4n) is 2.46. The van der Waals surface area contributed by atoms with Gasteiger partial charge in [-0.1, -0.05) is 30.3 Å². The lowest BCUT2D eigenvalue weighted by Gasteiger charge is -2.28. The van der Waals surface area contributed by atoms with E-state index in [9.17, 15) is 18.8 Å². The van der Waals surface area contributed by atoms with Crippen molar-refractivity contribution in [2.75, 3.05) is 0 Å². The van der Waals surface area contributed by atoms with Gasteiger partial charge in [-0.05, 0) is 29.3 Å². The molecule has 22 heavy (non-hydrogen) atoms. The fraction of sp³-hybridized carbons (Fsp3) is 0.0588. The standard InChI is InChI=1S/C17H10F2N2O/c18-13-6-3-7-14(19)16(13)17(22)21-9-8-11-4-1-2-5-12(11)15(21)10-20/h1-9,15H/t15-/m1/s1. The lowest BCUT2D eigenvalue weighted by molar-refractivity contribution is 0.0784.